The minimum absolute atomic E-state index is 0.0614. The maximum Gasteiger partial charge on any atom is 0.230 e. The van der Waals surface area contributed by atoms with Gasteiger partial charge in [-0.2, -0.15) is 0 Å². The van der Waals surface area contributed by atoms with Gasteiger partial charge in [-0.25, -0.2) is 0 Å². The average molecular weight is 385 g/mol. The Kier molecular flexibility index (Phi) is 4.30. The molecule has 3 fully saturated rings. The van der Waals surface area contributed by atoms with Crippen LogP contribution in [0.2, 0.25) is 0 Å². The lowest BCUT2D eigenvalue weighted by Gasteiger charge is -2.30. The van der Waals surface area contributed by atoms with Crippen molar-refractivity contribution in [1.29, 1.82) is 0 Å². The van der Waals surface area contributed by atoms with Crippen LogP contribution in [0.25, 0.3) is 0 Å². The zero-order valence-corrected chi connectivity index (χ0v) is 16.3. The number of nitrogens with zero attached hydrogens (tertiary/aromatic N) is 3. The van der Waals surface area contributed by atoms with Gasteiger partial charge in [-0.05, 0) is 12.8 Å². The highest BCUT2D eigenvalue weighted by molar-refractivity contribution is 5.93. The van der Waals surface area contributed by atoms with Crippen LogP contribution in [-0.2, 0) is 20.9 Å². The first-order valence-corrected chi connectivity index (χ1v) is 10.4. The second-order valence-electron chi connectivity index (χ2n) is 8.68. The van der Waals surface area contributed by atoms with E-state index in [1.807, 2.05) is 17.1 Å². The fraction of sp³-hybridized carbons (Fsp3) is 0.667. The molecule has 3 aliphatic heterocycles. The normalized spacial score (nSPS) is 34.7. The Balaban J connectivity index is 1.37. The Hall–Kier alpha value is -2.15. The minimum atomic E-state index is -0.624. The molecule has 0 aromatic carbocycles. The van der Waals surface area contributed by atoms with E-state index in [9.17, 15) is 9.59 Å². The molecular weight excluding hydrogens is 358 g/mol. The molecule has 1 aromatic rings. The summed E-state index contributed by atoms with van der Waals surface area (Å²) in [5, 5.41) is 3.69. The average Bonchev–Trinajstić information content (AvgIpc) is 3.41. The quantitative estimate of drug-likeness (QED) is 0.586. The van der Waals surface area contributed by atoms with Gasteiger partial charge in [0.25, 0.3) is 0 Å². The Bertz CT molecular complexity index is 784. The monoisotopic (exact) mass is 385 g/mol. The highest BCUT2D eigenvalue weighted by Gasteiger charge is 2.67. The first-order chi connectivity index (χ1) is 13.6. The topological polar surface area (TPSA) is 75.9 Å². The summed E-state index contributed by atoms with van der Waals surface area (Å²) in [6, 6.07) is 2.03. The van der Waals surface area contributed by atoms with Crippen LogP contribution < -0.4 is 0 Å². The third-order valence-corrected chi connectivity index (χ3v) is 6.94. The van der Waals surface area contributed by atoms with Crippen molar-refractivity contribution >= 4 is 11.8 Å². The molecule has 0 radical (unpaired) electrons. The highest BCUT2D eigenvalue weighted by atomic mass is 16.5. The molecule has 7 nitrogen and oxygen atoms in total. The van der Waals surface area contributed by atoms with Crippen molar-refractivity contribution in [3.05, 3.63) is 30.2 Å². The predicted molar refractivity (Wildman–Crippen MR) is 99.9 cm³/mol. The lowest BCUT2D eigenvalue weighted by molar-refractivity contribution is -0.143. The van der Waals surface area contributed by atoms with Gasteiger partial charge in [0.15, 0.2) is 5.76 Å². The number of hydrogen-bond donors (Lipinski definition) is 0. The number of hydrogen-bond acceptors (Lipinski definition) is 5. The first-order valence-electron chi connectivity index (χ1n) is 10.4. The molecule has 2 saturated heterocycles. The van der Waals surface area contributed by atoms with Crippen molar-refractivity contribution in [2.24, 2.45) is 11.8 Å². The summed E-state index contributed by atoms with van der Waals surface area (Å²) in [6.07, 6.45) is 12.2. The molecule has 4 heterocycles. The summed E-state index contributed by atoms with van der Waals surface area (Å²) in [6.45, 7) is 0.926. The number of likely N-dealkylation sites (tertiary alicyclic amines) is 1. The van der Waals surface area contributed by atoms with Crippen LogP contribution in [0.1, 0.15) is 44.3 Å². The highest BCUT2D eigenvalue weighted by Crippen LogP contribution is 2.53. The molecule has 1 saturated carbocycles. The van der Waals surface area contributed by atoms with E-state index in [0.29, 0.717) is 18.8 Å². The molecule has 28 heavy (non-hydrogen) atoms. The maximum atomic E-state index is 13.5. The van der Waals surface area contributed by atoms with E-state index < -0.39 is 17.4 Å². The van der Waals surface area contributed by atoms with Gasteiger partial charge < -0.3 is 19.1 Å². The van der Waals surface area contributed by atoms with Crippen LogP contribution in [0.4, 0.5) is 0 Å². The SMILES string of the molecule is CN(Cc1ccno1)C(=O)[C@H]1[C@@H]2C=C[C@@]3(CN(C4CCCCCC4)C(=O)[C@H]13)O2. The zero-order valence-electron chi connectivity index (χ0n) is 16.3. The van der Waals surface area contributed by atoms with E-state index in [1.54, 1.807) is 24.2 Å². The number of carbonyl (C=O) groups is 2. The predicted octanol–water partition coefficient (Wildman–Crippen LogP) is 2.14. The van der Waals surface area contributed by atoms with Gasteiger partial charge in [-0.1, -0.05) is 43.0 Å². The summed E-state index contributed by atoms with van der Waals surface area (Å²) in [4.78, 5) is 30.4. The van der Waals surface area contributed by atoms with Crippen molar-refractivity contribution < 1.29 is 18.8 Å². The third kappa shape index (κ3) is 2.70. The van der Waals surface area contributed by atoms with Gasteiger partial charge in [0.2, 0.25) is 11.8 Å². The van der Waals surface area contributed by atoms with Crippen LogP contribution in [0.15, 0.2) is 28.9 Å². The molecule has 4 atom stereocenters. The van der Waals surface area contributed by atoms with Gasteiger partial charge in [-0.15, -0.1) is 0 Å². The molecule has 2 bridgehead atoms. The second kappa shape index (κ2) is 6.72. The van der Waals surface area contributed by atoms with Gasteiger partial charge in [0.05, 0.1) is 37.2 Å². The van der Waals surface area contributed by atoms with Crippen LogP contribution in [-0.4, -0.2) is 58.1 Å². The van der Waals surface area contributed by atoms with E-state index in [4.69, 9.17) is 9.26 Å². The van der Waals surface area contributed by atoms with Crippen molar-refractivity contribution in [1.82, 2.24) is 15.0 Å². The second-order valence-corrected chi connectivity index (χ2v) is 8.68. The molecule has 0 N–H and O–H groups in total. The smallest absolute Gasteiger partial charge is 0.230 e. The minimum Gasteiger partial charge on any atom is -0.360 e. The van der Waals surface area contributed by atoms with Crippen molar-refractivity contribution in [3.63, 3.8) is 0 Å². The fourth-order valence-corrected chi connectivity index (χ4v) is 5.58. The number of aromatic nitrogens is 1. The van der Waals surface area contributed by atoms with Crippen LogP contribution in [0.5, 0.6) is 0 Å². The Morgan fingerprint density at radius 1 is 1.32 bits per heavy atom. The van der Waals surface area contributed by atoms with Crippen molar-refractivity contribution in [3.8, 4) is 0 Å². The van der Waals surface area contributed by atoms with Crippen LogP contribution in [0.3, 0.4) is 0 Å². The largest absolute Gasteiger partial charge is 0.360 e. The van der Waals surface area contributed by atoms with E-state index in [1.165, 1.54) is 25.7 Å². The molecule has 5 rings (SSSR count). The number of rotatable bonds is 4. The molecule has 0 unspecified atom stereocenters. The van der Waals surface area contributed by atoms with Crippen LogP contribution >= 0.6 is 0 Å². The maximum absolute atomic E-state index is 13.5. The molecule has 150 valence electrons. The van der Waals surface area contributed by atoms with Gasteiger partial charge >= 0.3 is 0 Å². The Morgan fingerprint density at radius 3 is 2.82 bits per heavy atom. The van der Waals surface area contributed by atoms with E-state index in [0.717, 1.165) is 12.8 Å². The summed E-state index contributed by atoms with van der Waals surface area (Å²) in [5.41, 5.74) is -0.624. The molecule has 2 amide bonds. The lowest BCUT2D eigenvalue weighted by atomic mass is 9.76. The summed E-state index contributed by atoms with van der Waals surface area (Å²) in [5.74, 6) is -0.196. The summed E-state index contributed by atoms with van der Waals surface area (Å²) in [7, 11) is 1.75. The number of amides is 2. The van der Waals surface area contributed by atoms with E-state index in [2.05, 4.69) is 5.16 Å². The first kappa shape index (κ1) is 17.9. The Labute approximate surface area is 164 Å². The van der Waals surface area contributed by atoms with Gasteiger partial charge in [-0.3, -0.25) is 9.59 Å². The van der Waals surface area contributed by atoms with Crippen molar-refractivity contribution in [2.75, 3.05) is 13.6 Å². The standard InChI is InChI=1S/C21H27N3O4/c1-23(12-15-9-11-22-28-15)19(25)17-16-8-10-21(27-16)13-24(20(26)18(17)21)14-6-4-2-3-5-7-14/h8-11,14,16-18H,2-7,12-13H2,1H3/t16-,17-,18-,21-/m0/s1. The summed E-state index contributed by atoms with van der Waals surface area (Å²) < 4.78 is 11.4. The van der Waals surface area contributed by atoms with E-state index >= 15 is 0 Å². The third-order valence-electron chi connectivity index (χ3n) is 6.94. The summed E-state index contributed by atoms with van der Waals surface area (Å²) >= 11 is 0. The van der Waals surface area contributed by atoms with Gasteiger partial charge in [0, 0.05) is 19.2 Å². The van der Waals surface area contributed by atoms with Crippen LogP contribution in [0, 0.1) is 11.8 Å². The molecule has 1 aliphatic carbocycles. The number of fused-ring (bicyclic) bond motifs is 1. The molecule has 1 spiro atoms. The Morgan fingerprint density at radius 2 is 2.11 bits per heavy atom. The molecule has 4 aliphatic rings. The number of carbonyl (C=O) groups excluding carboxylic acids is 2. The molecule has 7 heteroatoms. The van der Waals surface area contributed by atoms with E-state index in [-0.39, 0.29) is 24.0 Å². The van der Waals surface area contributed by atoms with Gasteiger partial charge in [0.1, 0.15) is 5.60 Å². The zero-order chi connectivity index (χ0) is 19.3. The molecular formula is C21H27N3O4. The lowest BCUT2D eigenvalue weighted by Crippen LogP contribution is -2.45. The fourth-order valence-electron chi connectivity index (χ4n) is 5.58. The van der Waals surface area contributed by atoms with Crippen molar-refractivity contribution in [2.45, 2.75) is 62.8 Å². The number of ether oxygens (including phenoxy) is 1. The molecule has 1 aromatic heterocycles.